The Hall–Kier alpha value is -4.01. The number of anilines is 1. The number of nitrogens with zero attached hydrogens (tertiary/aromatic N) is 4. The van der Waals surface area contributed by atoms with Crippen LogP contribution in [0.3, 0.4) is 0 Å². The summed E-state index contributed by atoms with van der Waals surface area (Å²) in [4.78, 5) is 41.7. The number of imidazole rings is 1. The SMILES string of the molecule is CCCn1c(NC(=O)Cn2nc(C(N)=O)c3ccccc3c2=O)nc2ccccc21. The standard InChI is InChI=1S/C21H20N6O3/c1-2-11-26-16-10-6-5-9-15(16)23-21(26)24-17(28)12-27-20(30)14-8-4-3-7-13(14)18(25-27)19(22)29/h3-10H,2,11-12H2,1H3,(H2,22,29)(H,23,24,28). The zero-order chi connectivity index (χ0) is 21.3. The number of carbonyl (C=O) groups excluding carboxylic acids is 2. The molecule has 2 aromatic heterocycles. The van der Waals surface area contributed by atoms with Crippen LogP contribution in [0, 0.1) is 0 Å². The summed E-state index contributed by atoms with van der Waals surface area (Å²) in [5, 5.41) is 7.41. The van der Waals surface area contributed by atoms with Gasteiger partial charge in [0.05, 0.1) is 16.4 Å². The molecule has 4 rings (SSSR count). The Morgan fingerprint density at radius 2 is 1.77 bits per heavy atom. The Morgan fingerprint density at radius 1 is 1.07 bits per heavy atom. The molecule has 0 radical (unpaired) electrons. The number of hydrogen-bond donors (Lipinski definition) is 2. The van der Waals surface area contributed by atoms with Gasteiger partial charge in [-0.25, -0.2) is 9.67 Å². The topological polar surface area (TPSA) is 125 Å². The monoisotopic (exact) mass is 404 g/mol. The maximum absolute atomic E-state index is 12.7. The number of para-hydroxylation sites is 2. The van der Waals surface area contributed by atoms with Crippen molar-refractivity contribution in [2.45, 2.75) is 26.4 Å². The molecule has 152 valence electrons. The average Bonchev–Trinajstić information content (AvgIpc) is 3.07. The lowest BCUT2D eigenvalue weighted by Gasteiger charge is -2.11. The van der Waals surface area contributed by atoms with E-state index in [4.69, 9.17) is 5.73 Å². The van der Waals surface area contributed by atoms with Crippen molar-refractivity contribution < 1.29 is 9.59 Å². The van der Waals surface area contributed by atoms with Gasteiger partial charge >= 0.3 is 0 Å². The molecule has 0 unspecified atom stereocenters. The molecule has 2 aromatic carbocycles. The van der Waals surface area contributed by atoms with Gasteiger partial charge < -0.3 is 10.3 Å². The summed E-state index contributed by atoms with van der Waals surface area (Å²) in [5.74, 6) is -0.861. The molecule has 9 nitrogen and oxygen atoms in total. The second-order valence-corrected chi connectivity index (χ2v) is 6.85. The molecule has 4 aromatic rings. The van der Waals surface area contributed by atoms with Crippen molar-refractivity contribution in [3.05, 3.63) is 64.6 Å². The number of benzene rings is 2. The van der Waals surface area contributed by atoms with Crippen LogP contribution in [-0.2, 0) is 17.9 Å². The van der Waals surface area contributed by atoms with Crippen LogP contribution in [0.2, 0.25) is 0 Å². The van der Waals surface area contributed by atoms with Crippen molar-refractivity contribution in [3.8, 4) is 0 Å². The number of amides is 2. The number of carbonyl (C=O) groups is 2. The molecule has 0 bridgehead atoms. The molecular formula is C21H20N6O3. The lowest BCUT2D eigenvalue weighted by Crippen LogP contribution is -2.32. The lowest BCUT2D eigenvalue weighted by molar-refractivity contribution is -0.117. The third kappa shape index (κ3) is 3.41. The van der Waals surface area contributed by atoms with Gasteiger partial charge in [-0.1, -0.05) is 37.3 Å². The van der Waals surface area contributed by atoms with E-state index in [0.717, 1.165) is 22.1 Å². The summed E-state index contributed by atoms with van der Waals surface area (Å²) in [6.45, 7) is 2.33. The average molecular weight is 404 g/mol. The van der Waals surface area contributed by atoms with E-state index in [9.17, 15) is 14.4 Å². The molecule has 0 aliphatic heterocycles. The Balaban J connectivity index is 1.69. The van der Waals surface area contributed by atoms with Gasteiger partial charge in [-0.2, -0.15) is 5.10 Å². The number of aromatic nitrogens is 4. The van der Waals surface area contributed by atoms with Gasteiger partial charge in [-0.05, 0) is 24.6 Å². The first-order chi connectivity index (χ1) is 14.5. The first kappa shape index (κ1) is 19.3. The van der Waals surface area contributed by atoms with Crippen LogP contribution in [0.1, 0.15) is 23.8 Å². The zero-order valence-corrected chi connectivity index (χ0v) is 16.3. The van der Waals surface area contributed by atoms with E-state index in [2.05, 4.69) is 15.4 Å². The van der Waals surface area contributed by atoms with Crippen molar-refractivity contribution in [2.75, 3.05) is 5.32 Å². The van der Waals surface area contributed by atoms with Crippen molar-refractivity contribution in [1.29, 1.82) is 0 Å². The minimum Gasteiger partial charge on any atom is -0.364 e. The minimum absolute atomic E-state index is 0.0591. The minimum atomic E-state index is -0.773. The summed E-state index contributed by atoms with van der Waals surface area (Å²) >= 11 is 0. The van der Waals surface area contributed by atoms with Crippen molar-refractivity contribution >= 4 is 39.6 Å². The number of aryl methyl sites for hydroxylation is 1. The summed E-state index contributed by atoms with van der Waals surface area (Å²) in [5.41, 5.74) is 6.55. The third-order valence-electron chi connectivity index (χ3n) is 4.75. The van der Waals surface area contributed by atoms with Crippen LogP contribution in [0.4, 0.5) is 5.95 Å². The highest BCUT2D eigenvalue weighted by atomic mass is 16.2. The first-order valence-corrected chi connectivity index (χ1v) is 9.54. The maximum atomic E-state index is 12.7. The van der Waals surface area contributed by atoms with Crippen LogP contribution in [0.25, 0.3) is 21.8 Å². The smallest absolute Gasteiger partial charge is 0.275 e. The highest BCUT2D eigenvalue weighted by Crippen LogP contribution is 2.20. The van der Waals surface area contributed by atoms with E-state index in [1.165, 1.54) is 0 Å². The van der Waals surface area contributed by atoms with Crippen molar-refractivity contribution in [3.63, 3.8) is 0 Å². The molecule has 0 spiro atoms. The highest BCUT2D eigenvalue weighted by molar-refractivity contribution is 6.04. The lowest BCUT2D eigenvalue weighted by atomic mass is 10.1. The van der Waals surface area contributed by atoms with E-state index in [0.29, 0.717) is 17.9 Å². The molecule has 0 aliphatic rings. The molecule has 2 amide bonds. The maximum Gasteiger partial charge on any atom is 0.275 e. The van der Waals surface area contributed by atoms with Gasteiger partial charge in [0, 0.05) is 11.9 Å². The largest absolute Gasteiger partial charge is 0.364 e. The number of primary amides is 1. The van der Waals surface area contributed by atoms with E-state index in [1.54, 1.807) is 24.3 Å². The Labute approximate surface area is 171 Å². The number of nitrogens with one attached hydrogen (secondary N) is 1. The quantitative estimate of drug-likeness (QED) is 0.508. The first-order valence-electron chi connectivity index (χ1n) is 9.54. The highest BCUT2D eigenvalue weighted by Gasteiger charge is 2.17. The number of nitrogens with two attached hydrogens (primary N) is 1. The Kier molecular flexibility index (Phi) is 5.01. The fourth-order valence-corrected chi connectivity index (χ4v) is 3.45. The van der Waals surface area contributed by atoms with Gasteiger partial charge in [0.1, 0.15) is 6.54 Å². The van der Waals surface area contributed by atoms with E-state index in [1.807, 2.05) is 35.8 Å². The molecule has 0 saturated heterocycles. The summed E-state index contributed by atoms with van der Waals surface area (Å²) < 4.78 is 2.86. The fraction of sp³-hybridized carbons (Fsp3) is 0.190. The number of fused-ring (bicyclic) bond motifs is 2. The normalized spacial score (nSPS) is 11.1. The summed E-state index contributed by atoms with van der Waals surface area (Å²) in [7, 11) is 0. The van der Waals surface area contributed by atoms with Crippen molar-refractivity contribution in [1.82, 2.24) is 19.3 Å². The molecule has 0 fully saturated rings. The van der Waals surface area contributed by atoms with E-state index < -0.39 is 17.4 Å². The van der Waals surface area contributed by atoms with Crippen LogP contribution >= 0.6 is 0 Å². The van der Waals surface area contributed by atoms with Crippen LogP contribution < -0.4 is 16.6 Å². The van der Waals surface area contributed by atoms with Gasteiger partial charge in [0.25, 0.3) is 11.5 Å². The molecule has 0 atom stereocenters. The third-order valence-corrected chi connectivity index (χ3v) is 4.75. The fourth-order valence-electron chi connectivity index (χ4n) is 3.45. The number of rotatable bonds is 6. The van der Waals surface area contributed by atoms with Crippen LogP contribution in [0.15, 0.2) is 53.3 Å². The summed E-state index contributed by atoms with van der Waals surface area (Å²) in [6.07, 6.45) is 0.858. The molecule has 30 heavy (non-hydrogen) atoms. The second-order valence-electron chi connectivity index (χ2n) is 6.85. The zero-order valence-electron chi connectivity index (χ0n) is 16.3. The Morgan fingerprint density at radius 3 is 2.50 bits per heavy atom. The predicted molar refractivity (Wildman–Crippen MR) is 113 cm³/mol. The van der Waals surface area contributed by atoms with E-state index >= 15 is 0 Å². The van der Waals surface area contributed by atoms with E-state index in [-0.39, 0.29) is 17.6 Å². The molecule has 0 aliphatic carbocycles. The predicted octanol–water partition coefficient (Wildman–Crippen LogP) is 1.89. The molecule has 3 N–H and O–H groups in total. The number of hydrogen-bond acceptors (Lipinski definition) is 5. The second kappa shape index (κ2) is 7.78. The van der Waals surface area contributed by atoms with Gasteiger partial charge in [-0.15, -0.1) is 0 Å². The van der Waals surface area contributed by atoms with Gasteiger partial charge in [0.2, 0.25) is 11.9 Å². The van der Waals surface area contributed by atoms with Crippen LogP contribution in [-0.4, -0.2) is 31.1 Å². The molecule has 0 saturated carbocycles. The van der Waals surface area contributed by atoms with Gasteiger partial charge in [-0.3, -0.25) is 19.7 Å². The van der Waals surface area contributed by atoms with Crippen LogP contribution in [0.5, 0.6) is 0 Å². The molecule has 9 heteroatoms. The summed E-state index contributed by atoms with van der Waals surface area (Å²) in [6, 6.07) is 14.1. The van der Waals surface area contributed by atoms with Gasteiger partial charge in [0.15, 0.2) is 5.69 Å². The molecular weight excluding hydrogens is 384 g/mol. The Bertz CT molecular complexity index is 1340. The molecule has 2 heterocycles. The van der Waals surface area contributed by atoms with Crippen molar-refractivity contribution in [2.24, 2.45) is 5.73 Å².